The Kier molecular flexibility index (Phi) is 3.34. The summed E-state index contributed by atoms with van der Waals surface area (Å²) in [6, 6.07) is 5.49. The Morgan fingerprint density at radius 3 is 3.20 bits per heavy atom. The monoisotopic (exact) mass is 208 g/mol. The Morgan fingerprint density at radius 1 is 1.53 bits per heavy atom. The standard InChI is InChI=1S/C12H17FN2/c1-2-14-8-11-12-9(6-7-15-11)4-3-5-10(12)13/h3-5,11,14-15H,2,6-8H2,1H3. The third-order valence-electron chi connectivity index (χ3n) is 2.88. The molecule has 2 nitrogen and oxygen atoms in total. The zero-order valence-electron chi connectivity index (χ0n) is 9.02. The molecule has 0 radical (unpaired) electrons. The van der Waals surface area contributed by atoms with Gasteiger partial charge in [0.25, 0.3) is 0 Å². The highest BCUT2D eigenvalue weighted by atomic mass is 19.1. The first-order valence-corrected chi connectivity index (χ1v) is 5.54. The summed E-state index contributed by atoms with van der Waals surface area (Å²) in [5.41, 5.74) is 2.00. The van der Waals surface area contributed by atoms with E-state index in [2.05, 4.69) is 17.6 Å². The fraction of sp³-hybridized carbons (Fsp3) is 0.500. The predicted molar refractivity (Wildman–Crippen MR) is 59.4 cm³/mol. The SMILES string of the molecule is CCNCC1NCCc2cccc(F)c21. The van der Waals surface area contributed by atoms with E-state index in [1.165, 1.54) is 0 Å². The van der Waals surface area contributed by atoms with E-state index in [0.717, 1.165) is 37.2 Å². The van der Waals surface area contributed by atoms with E-state index < -0.39 is 0 Å². The molecule has 1 aliphatic rings. The molecule has 0 spiro atoms. The highest BCUT2D eigenvalue weighted by Crippen LogP contribution is 2.24. The summed E-state index contributed by atoms with van der Waals surface area (Å²) in [5.74, 6) is -0.0809. The number of fused-ring (bicyclic) bond motifs is 1. The van der Waals surface area contributed by atoms with Crippen LogP contribution in [-0.4, -0.2) is 19.6 Å². The van der Waals surface area contributed by atoms with Crippen molar-refractivity contribution in [1.82, 2.24) is 10.6 Å². The molecular weight excluding hydrogens is 191 g/mol. The van der Waals surface area contributed by atoms with Gasteiger partial charge in [0.05, 0.1) is 0 Å². The van der Waals surface area contributed by atoms with Crippen LogP contribution in [0.3, 0.4) is 0 Å². The van der Waals surface area contributed by atoms with Crippen LogP contribution in [0.4, 0.5) is 4.39 Å². The van der Waals surface area contributed by atoms with Gasteiger partial charge in [-0.1, -0.05) is 19.1 Å². The predicted octanol–water partition coefficient (Wildman–Crippen LogP) is 1.62. The highest BCUT2D eigenvalue weighted by Gasteiger charge is 2.22. The Morgan fingerprint density at radius 2 is 2.40 bits per heavy atom. The average molecular weight is 208 g/mol. The molecule has 1 aromatic carbocycles. The molecule has 3 heteroatoms. The summed E-state index contributed by atoms with van der Waals surface area (Å²) in [7, 11) is 0. The van der Waals surface area contributed by atoms with Crippen molar-refractivity contribution < 1.29 is 4.39 Å². The van der Waals surface area contributed by atoms with Crippen molar-refractivity contribution >= 4 is 0 Å². The lowest BCUT2D eigenvalue weighted by Gasteiger charge is -2.27. The minimum absolute atomic E-state index is 0.0809. The fourth-order valence-corrected chi connectivity index (χ4v) is 2.14. The second kappa shape index (κ2) is 4.73. The molecule has 2 rings (SSSR count). The first kappa shape index (κ1) is 10.6. The number of benzene rings is 1. The number of rotatable bonds is 3. The summed E-state index contributed by atoms with van der Waals surface area (Å²) in [6.07, 6.45) is 0.926. The summed E-state index contributed by atoms with van der Waals surface area (Å²) in [6.45, 7) is 4.71. The molecule has 15 heavy (non-hydrogen) atoms. The summed E-state index contributed by atoms with van der Waals surface area (Å²) < 4.78 is 13.7. The van der Waals surface area contributed by atoms with Gasteiger partial charge >= 0.3 is 0 Å². The Labute approximate surface area is 89.9 Å². The first-order chi connectivity index (χ1) is 7.33. The molecule has 0 aliphatic carbocycles. The van der Waals surface area contributed by atoms with E-state index in [1.807, 2.05) is 6.07 Å². The molecule has 2 N–H and O–H groups in total. The molecule has 82 valence electrons. The zero-order chi connectivity index (χ0) is 10.7. The van der Waals surface area contributed by atoms with Crippen LogP contribution in [0, 0.1) is 5.82 Å². The van der Waals surface area contributed by atoms with Crippen molar-refractivity contribution in [3.05, 3.63) is 35.1 Å². The lowest BCUT2D eigenvalue weighted by atomic mass is 9.94. The number of halogens is 1. The molecule has 1 aromatic rings. The Hall–Kier alpha value is -0.930. The van der Waals surface area contributed by atoms with Crippen LogP contribution in [-0.2, 0) is 6.42 Å². The van der Waals surface area contributed by atoms with Gasteiger partial charge in [0.2, 0.25) is 0 Å². The maximum Gasteiger partial charge on any atom is 0.128 e. The minimum Gasteiger partial charge on any atom is -0.315 e. The first-order valence-electron chi connectivity index (χ1n) is 5.54. The largest absolute Gasteiger partial charge is 0.315 e. The summed E-state index contributed by atoms with van der Waals surface area (Å²) in [5, 5.41) is 6.61. The number of hydrogen-bond donors (Lipinski definition) is 2. The molecule has 0 aromatic heterocycles. The van der Waals surface area contributed by atoms with Crippen LogP contribution < -0.4 is 10.6 Å². The van der Waals surface area contributed by atoms with E-state index in [0.29, 0.717) is 0 Å². The molecule has 1 unspecified atom stereocenters. The number of likely N-dealkylation sites (N-methyl/N-ethyl adjacent to an activating group) is 1. The molecule has 0 saturated carbocycles. The van der Waals surface area contributed by atoms with Gasteiger partial charge in [0.15, 0.2) is 0 Å². The maximum absolute atomic E-state index is 13.7. The zero-order valence-corrected chi connectivity index (χ0v) is 9.02. The van der Waals surface area contributed by atoms with Crippen molar-refractivity contribution in [3.63, 3.8) is 0 Å². The molecule has 0 fully saturated rings. The maximum atomic E-state index is 13.7. The second-order valence-electron chi connectivity index (χ2n) is 3.88. The van der Waals surface area contributed by atoms with Gasteiger partial charge in [-0.3, -0.25) is 0 Å². The van der Waals surface area contributed by atoms with Crippen molar-refractivity contribution in [2.24, 2.45) is 0 Å². The molecule has 0 saturated heterocycles. The van der Waals surface area contributed by atoms with E-state index in [-0.39, 0.29) is 11.9 Å². The topological polar surface area (TPSA) is 24.1 Å². The molecule has 1 aliphatic heterocycles. The quantitative estimate of drug-likeness (QED) is 0.788. The van der Waals surface area contributed by atoms with Crippen LogP contribution in [0.25, 0.3) is 0 Å². The van der Waals surface area contributed by atoms with E-state index >= 15 is 0 Å². The van der Waals surface area contributed by atoms with Crippen molar-refractivity contribution in [3.8, 4) is 0 Å². The van der Waals surface area contributed by atoms with E-state index in [1.54, 1.807) is 12.1 Å². The molecule has 0 amide bonds. The smallest absolute Gasteiger partial charge is 0.128 e. The van der Waals surface area contributed by atoms with Gasteiger partial charge in [-0.05, 0) is 31.1 Å². The molecular formula is C12H17FN2. The van der Waals surface area contributed by atoms with Crippen molar-refractivity contribution in [1.29, 1.82) is 0 Å². The van der Waals surface area contributed by atoms with Gasteiger partial charge in [0.1, 0.15) is 5.82 Å². The van der Waals surface area contributed by atoms with Crippen molar-refractivity contribution in [2.75, 3.05) is 19.6 Å². The van der Waals surface area contributed by atoms with Crippen LogP contribution in [0.2, 0.25) is 0 Å². The van der Waals surface area contributed by atoms with Gasteiger partial charge in [-0.15, -0.1) is 0 Å². The number of hydrogen-bond acceptors (Lipinski definition) is 2. The third kappa shape index (κ3) is 2.19. The van der Waals surface area contributed by atoms with Crippen LogP contribution in [0.1, 0.15) is 24.1 Å². The lowest BCUT2D eigenvalue weighted by Crippen LogP contribution is -2.37. The van der Waals surface area contributed by atoms with Crippen LogP contribution in [0.5, 0.6) is 0 Å². The van der Waals surface area contributed by atoms with E-state index in [4.69, 9.17) is 0 Å². The van der Waals surface area contributed by atoms with Gasteiger partial charge < -0.3 is 10.6 Å². The normalized spacial score (nSPS) is 20.0. The van der Waals surface area contributed by atoms with Gasteiger partial charge in [-0.25, -0.2) is 4.39 Å². The molecule has 0 bridgehead atoms. The summed E-state index contributed by atoms with van der Waals surface area (Å²) in [4.78, 5) is 0. The average Bonchev–Trinajstić information content (AvgIpc) is 2.26. The Balaban J connectivity index is 2.24. The molecule has 1 heterocycles. The third-order valence-corrected chi connectivity index (χ3v) is 2.88. The van der Waals surface area contributed by atoms with Crippen molar-refractivity contribution in [2.45, 2.75) is 19.4 Å². The van der Waals surface area contributed by atoms with Crippen LogP contribution in [0.15, 0.2) is 18.2 Å². The van der Waals surface area contributed by atoms with Gasteiger partial charge in [0, 0.05) is 18.2 Å². The minimum atomic E-state index is -0.0809. The lowest BCUT2D eigenvalue weighted by molar-refractivity contribution is 0.450. The number of nitrogens with one attached hydrogen (secondary N) is 2. The molecule has 1 atom stereocenters. The van der Waals surface area contributed by atoms with Crippen LogP contribution >= 0.6 is 0 Å². The van der Waals surface area contributed by atoms with Gasteiger partial charge in [-0.2, -0.15) is 0 Å². The summed E-state index contributed by atoms with van der Waals surface area (Å²) >= 11 is 0. The fourth-order valence-electron chi connectivity index (χ4n) is 2.14. The highest BCUT2D eigenvalue weighted by molar-refractivity contribution is 5.34. The Bertz CT molecular complexity index is 338. The van der Waals surface area contributed by atoms with E-state index in [9.17, 15) is 4.39 Å². The second-order valence-corrected chi connectivity index (χ2v) is 3.88.